The lowest BCUT2D eigenvalue weighted by Crippen LogP contribution is -2.36. The van der Waals surface area contributed by atoms with Crippen molar-refractivity contribution in [2.24, 2.45) is 5.73 Å². The molecule has 0 bridgehead atoms. The molecule has 1 aliphatic heterocycles. The third-order valence-electron chi connectivity index (χ3n) is 5.28. The standard InChI is InChI=1S/C15H12FNO4.C10H13N3O/c1-21-11-7-6-10(18)12(13(11)16)14(19)8-2-4-9(5-3-8)15(17)20;14-10(8-2-1-4-11-6-8)13-9-3-5-12-7-9/h2-7,18H,1H3,(H2,17,20);1-2,4,6,9,12H,3,5,7H2,(H,13,14). The molecule has 3 aromatic rings. The van der Waals surface area contributed by atoms with Crippen LogP contribution in [0.25, 0.3) is 0 Å². The van der Waals surface area contributed by atoms with Gasteiger partial charge < -0.3 is 26.2 Å². The number of primary amides is 1. The van der Waals surface area contributed by atoms with Crippen LogP contribution < -0.4 is 21.1 Å². The maximum atomic E-state index is 14.1. The number of methoxy groups -OCH3 is 1. The van der Waals surface area contributed by atoms with Crippen LogP contribution in [0.4, 0.5) is 4.39 Å². The Balaban J connectivity index is 0.000000211. The van der Waals surface area contributed by atoms with E-state index >= 15 is 0 Å². The summed E-state index contributed by atoms with van der Waals surface area (Å²) >= 11 is 0. The lowest BCUT2D eigenvalue weighted by molar-refractivity contribution is 0.0938. The summed E-state index contributed by atoms with van der Waals surface area (Å²) in [4.78, 5) is 38.8. The molecule has 0 aliphatic carbocycles. The Morgan fingerprint density at radius 3 is 2.40 bits per heavy atom. The van der Waals surface area contributed by atoms with Crippen LogP contribution >= 0.6 is 0 Å². The van der Waals surface area contributed by atoms with Crippen LogP contribution in [0.2, 0.25) is 0 Å². The van der Waals surface area contributed by atoms with Crippen molar-refractivity contribution in [3.63, 3.8) is 0 Å². The van der Waals surface area contributed by atoms with Crippen molar-refractivity contribution < 1.29 is 28.6 Å². The first-order chi connectivity index (χ1) is 16.8. The summed E-state index contributed by atoms with van der Waals surface area (Å²) in [5, 5.41) is 15.8. The molecular weight excluding hydrogens is 455 g/mol. The summed E-state index contributed by atoms with van der Waals surface area (Å²) in [5.74, 6) is -2.97. The zero-order valence-corrected chi connectivity index (χ0v) is 19.0. The molecule has 4 rings (SSSR count). The Bertz CT molecular complexity index is 1200. The van der Waals surface area contributed by atoms with Gasteiger partial charge in [-0.1, -0.05) is 12.1 Å². The number of rotatable bonds is 6. The van der Waals surface area contributed by atoms with Crippen molar-refractivity contribution in [1.82, 2.24) is 15.6 Å². The predicted molar refractivity (Wildman–Crippen MR) is 126 cm³/mol. The number of aromatic hydroxyl groups is 1. The van der Waals surface area contributed by atoms with E-state index in [-0.39, 0.29) is 28.8 Å². The highest BCUT2D eigenvalue weighted by molar-refractivity contribution is 6.11. The van der Waals surface area contributed by atoms with E-state index in [2.05, 4.69) is 15.6 Å². The van der Waals surface area contributed by atoms with Crippen molar-refractivity contribution in [2.45, 2.75) is 12.5 Å². The maximum Gasteiger partial charge on any atom is 0.253 e. The van der Waals surface area contributed by atoms with Gasteiger partial charge in [0.05, 0.1) is 12.7 Å². The quantitative estimate of drug-likeness (QED) is 0.395. The van der Waals surface area contributed by atoms with Gasteiger partial charge in [0, 0.05) is 36.1 Å². The first kappa shape index (κ1) is 25.3. The van der Waals surface area contributed by atoms with Gasteiger partial charge in [0.1, 0.15) is 11.3 Å². The molecule has 0 radical (unpaired) electrons. The zero-order valence-electron chi connectivity index (χ0n) is 19.0. The zero-order chi connectivity index (χ0) is 25.4. The molecule has 10 heteroatoms. The third kappa shape index (κ3) is 6.39. The van der Waals surface area contributed by atoms with Gasteiger partial charge in [-0.3, -0.25) is 19.4 Å². The Morgan fingerprint density at radius 2 is 1.83 bits per heavy atom. The molecule has 2 amide bonds. The van der Waals surface area contributed by atoms with Crippen LogP contribution in [0, 0.1) is 5.82 Å². The molecule has 1 aromatic heterocycles. The van der Waals surface area contributed by atoms with Crippen LogP contribution in [0.5, 0.6) is 11.5 Å². The number of amides is 2. The van der Waals surface area contributed by atoms with Crippen LogP contribution in [-0.2, 0) is 0 Å². The molecule has 1 unspecified atom stereocenters. The molecule has 1 saturated heterocycles. The van der Waals surface area contributed by atoms with Gasteiger partial charge in [-0.25, -0.2) is 4.39 Å². The fourth-order valence-electron chi connectivity index (χ4n) is 3.39. The molecule has 1 fully saturated rings. The Labute approximate surface area is 201 Å². The summed E-state index contributed by atoms with van der Waals surface area (Å²) in [6, 6.07) is 11.6. The SMILES string of the molecule is COc1ccc(O)c(C(=O)c2ccc(C(N)=O)cc2)c1F.O=C(NC1CCNC1)c1cccnc1. The highest BCUT2D eigenvalue weighted by Crippen LogP contribution is 2.30. The minimum absolute atomic E-state index is 0.0354. The number of pyridine rings is 1. The lowest BCUT2D eigenvalue weighted by atomic mass is 10.00. The van der Waals surface area contributed by atoms with E-state index in [1.165, 1.54) is 43.5 Å². The summed E-state index contributed by atoms with van der Waals surface area (Å²) in [7, 11) is 1.26. The van der Waals surface area contributed by atoms with E-state index in [1.807, 2.05) is 0 Å². The first-order valence-electron chi connectivity index (χ1n) is 10.7. The monoisotopic (exact) mass is 480 g/mol. The largest absolute Gasteiger partial charge is 0.507 e. The van der Waals surface area contributed by atoms with Gasteiger partial charge in [0.25, 0.3) is 5.91 Å². The second-order valence-corrected chi connectivity index (χ2v) is 7.65. The highest BCUT2D eigenvalue weighted by Gasteiger charge is 2.22. The van der Waals surface area contributed by atoms with Crippen molar-refractivity contribution in [2.75, 3.05) is 20.2 Å². The average molecular weight is 480 g/mol. The predicted octanol–water partition coefficient (Wildman–Crippen LogP) is 2.04. The van der Waals surface area contributed by atoms with Crippen molar-refractivity contribution >= 4 is 17.6 Å². The molecule has 0 spiro atoms. The lowest BCUT2D eigenvalue weighted by Gasteiger charge is -2.10. The number of phenols is 1. The second kappa shape index (κ2) is 11.7. The van der Waals surface area contributed by atoms with Crippen LogP contribution in [0.1, 0.15) is 43.1 Å². The minimum Gasteiger partial charge on any atom is -0.507 e. The maximum absolute atomic E-state index is 14.1. The van der Waals surface area contributed by atoms with Gasteiger partial charge in [0.15, 0.2) is 17.3 Å². The number of ketones is 1. The van der Waals surface area contributed by atoms with Gasteiger partial charge in [-0.05, 0) is 49.4 Å². The number of aromatic nitrogens is 1. The topological polar surface area (TPSA) is 144 Å². The number of carbonyl (C=O) groups is 3. The second-order valence-electron chi connectivity index (χ2n) is 7.65. The van der Waals surface area contributed by atoms with E-state index in [0.717, 1.165) is 19.5 Å². The molecule has 1 aliphatic rings. The summed E-state index contributed by atoms with van der Waals surface area (Å²) in [6.45, 7) is 1.85. The van der Waals surface area contributed by atoms with Crippen molar-refractivity contribution in [3.8, 4) is 11.5 Å². The molecule has 5 N–H and O–H groups in total. The number of hydrogen-bond acceptors (Lipinski definition) is 7. The van der Waals surface area contributed by atoms with Crippen molar-refractivity contribution in [3.05, 3.63) is 89.0 Å². The van der Waals surface area contributed by atoms with E-state index < -0.39 is 28.8 Å². The van der Waals surface area contributed by atoms with Gasteiger partial charge in [-0.15, -0.1) is 0 Å². The molecular formula is C25H25FN4O5. The normalized spacial score (nSPS) is 14.4. The van der Waals surface area contributed by atoms with Gasteiger partial charge in [-0.2, -0.15) is 0 Å². The van der Waals surface area contributed by atoms with Gasteiger partial charge >= 0.3 is 0 Å². The number of nitrogens with zero attached hydrogens (tertiary/aromatic N) is 1. The minimum atomic E-state index is -0.943. The molecule has 1 atom stereocenters. The number of phenolic OH excluding ortho intramolecular Hbond substituents is 1. The van der Waals surface area contributed by atoms with E-state index in [9.17, 15) is 23.9 Å². The number of nitrogens with one attached hydrogen (secondary N) is 2. The van der Waals surface area contributed by atoms with Crippen LogP contribution in [0.3, 0.4) is 0 Å². The van der Waals surface area contributed by atoms with E-state index in [1.54, 1.807) is 24.5 Å². The molecule has 9 nitrogen and oxygen atoms in total. The third-order valence-corrected chi connectivity index (χ3v) is 5.28. The number of halogens is 1. The highest BCUT2D eigenvalue weighted by atomic mass is 19.1. The number of hydrogen-bond donors (Lipinski definition) is 4. The van der Waals surface area contributed by atoms with Crippen LogP contribution in [-0.4, -0.2) is 53.9 Å². The number of carbonyl (C=O) groups excluding carboxylic acids is 3. The van der Waals surface area contributed by atoms with E-state index in [0.29, 0.717) is 5.56 Å². The van der Waals surface area contributed by atoms with E-state index in [4.69, 9.17) is 10.5 Å². The smallest absolute Gasteiger partial charge is 0.253 e. The molecule has 182 valence electrons. The number of benzene rings is 2. The number of nitrogens with two attached hydrogens (primary N) is 1. The first-order valence-corrected chi connectivity index (χ1v) is 10.7. The molecule has 0 saturated carbocycles. The summed E-state index contributed by atoms with van der Waals surface area (Å²) in [5.41, 5.74) is 5.57. The molecule has 2 heterocycles. The molecule has 2 aromatic carbocycles. The Hall–Kier alpha value is -4.31. The fourth-order valence-corrected chi connectivity index (χ4v) is 3.39. The summed E-state index contributed by atoms with van der Waals surface area (Å²) in [6.07, 6.45) is 4.25. The number of ether oxygens (including phenoxy) is 1. The van der Waals surface area contributed by atoms with Crippen LogP contribution in [0.15, 0.2) is 60.9 Å². The average Bonchev–Trinajstić information content (AvgIpc) is 3.38. The Kier molecular flexibility index (Phi) is 8.47. The fraction of sp³-hybridized carbons (Fsp3) is 0.200. The molecule has 35 heavy (non-hydrogen) atoms. The summed E-state index contributed by atoms with van der Waals surface area (Å²) < 4.78 is 18.9. The van der Waals surface area contributed by atoms with Gasteiger partial charge in [0.2, 0.25) is 5.91 Å². The van der Waals surface area contributed by atoms with Crippen molar-refractivity contribution in [1.29, 1.82) is 0 Å². The Morgan fingerprint density at radius 1 is 1.11 bits per heavy atom.